The lowest BCUT2D eigenvalue weighted by Gasteiger charge is -2.13. The first kappa shape index (κ1) is 15.8. The number of aryl methyl sites for hydroxylation is 2. The molecule has 4 nitrogen and oxygen atoms in total. The van der Waals surface area contributed by atoms with Gasteiger partial charge in [0.05, 0.1) is 19.1 Å². The van der Waals surface area contributed by atoms with Crippen LogP contribution < -0.4 is 4.74 Å². The predicted octanol–water partition coefficient (Wildman–Crippen LogP) is 3.31. The number of carbonyl (C=O) groups is 1. The highest BCUT2D eigenvalue weighted by Gasteiger charge is 2.20. The van der Waals surface area contributed by atoms with E-state index in [1.807, 2.05) is 32.9 Å². The molecule has 1 fully saturated rings. The Hall–Kier alpha value is -1.55. The fraction of sp³-hybridized carbons (Fsp3) is 0.588. The topological polar surface area (TPSA) is 44.8 Å². The standard InChI is InChI=1S/C17H24O4/c1-4-19-17-12(2)8-14(9-13(17)3)11-21-16(18)10-15-6-5-7-20-15/h8-9,15H,4-7,10-11H2,1-3H3/t15-/m1/s1. The van der Waals surface area contributed by atoms with Crippen LogP contribution in [-0.2, 0) is 20.9 Å². The summed E-state index contributed by atoms with van der Waals surface area (Å²) in [6.07, 6.45) is 2.39. The van der Waals surface area contributed by atoms with Gasteiger partial charge in [0.25, 0.3) is 0 Å². The summed E-state index contributed by atoms with van der Waals surface area (Å²) in [4.78, 5) is 11.8. The Morgan fingerprint density at radius 3 is 2.62 bits per heavy atom. The molecule has 0 N–H and O–H groups in total. The zero-order chi connectivity index (χ0) is 15.2. The van der Waals surface area contributed by atoms with E-state index < -0.39 is 0 Å². The second kappa shape index (κ2) is 7.46. The van der Waals surface area contributed by atoms with Crippen molar-refractivity contribution in [2.75, 3.05) is 13.2 Å². The van der Waals surface area contributed by atoms with Crippen molar-refractivity contribution in [1.29, 1.82) is 0 Å². The van der Waals surface area contributed by atoms with Gasteiger partial charge >= 0.3 is 5.97 Å². The van der Waals surface area contributed by atoms with Crippen LogP contribution in [0.3, 0.4) is 0 Å². The average molecular weight is 292 g/mol. The Bertz CT molecular complexity index is 467. The summed E-state index contributed by atoms with van der Waals surface area (Å²) in [6.45, 7) is 7.71. The summed E-state index contributed by atoms with van der Waals surface area (Å²) >= 11 is 0. The van der Waals surface area contributed by atoms with E-state index in [0.29, 0.717) is 19.6 Å². The van der Waals surface area contributed by atoms with Gasteiger partial charge < -0.3 is 14.2 Å². The van der Waals surface area contributed by atoms with Crippen molar-refractivity contribution < 1.29 is 19.0 Å². The number of hydrogen-bond donors (Lipinski definition) is 0. The number of hydrogen-bond acceptors (Lipinski definition) is 4. The summed E-state index contributed by atoms with van der Waals surface area (Å²) in [7, 11) is 0. The second-order valence-corrected chi connectivity index (χ2v) is 5.49. The van der Waals surface area contributed by atoms with Crippen LogP contribution in [0.1, 0.15) is 42.9 Å². The van der Waals surface area contributed by atoms with Gasteiger partial charge in [0.15, 0.2) is 0 Å². The maximum Gasteiger partial charge on any atom is 0.308 e. The molecule has 0 aliphatic carbocycles. The lowest BCUT2D eigenvalue weighted by Crippen LogP contribution is -2.15. The molecule has 1 atom stereocenters. The molecule has 1 heterocycles. The lowest BCUT2D eigenvalue weighted by atomic mass is 10.1. The van der Waals surface area contributed by atoms with E-state index in [-0.39, 0.29) is 12.1 Å². The van der Waals surface area contributed by atoms with E-state index in [2.05, 4.69) is 0 Å². The van der Waals surface area contributed by atoms with Crippen molar-refractivity contribution in [3.8, 4) is 5.75 Å². The summed E-state index contributed by atoms with van der Waals surface area (Å²) < 4.78 is 16.4. The lowest BCUT2D eigenvalue weighted by molar-refractivity contribution is -0.147. The van der Waals surface area contributed by atoms with Gasteiger partial charge in [-0.3, -0.25) is 4.79 Å². The smallest absolute Gasteiger partial charge is 0.308 e. The predicted molar refractivity (Wildman–Crippen MR) is 80.5 cm³/mol. The molecule has 1 aliphatic rings. The molecule has 1 aliphatic heterocycles. The van der Waals surface area contributed by atoms with Crippen LogP contribution in [0.2, 0.25) is 0 Å². The Labute approximate surface area is 126 Å². The molecule has 0 radical (unpaired) electrons. The highest BCUT2D eigenvalue weighted by molar-refractivity contribution is 5.70. The number of carbonyl (C=O) groups excluding carboxylic acids is 1. The van der Waals surface area contributed by atoms with Gasteiger partial charge in [0.1, 0.15) is 12.4 Å². The Morgan fingerprint density at radius 2 is 2.05 bits per heavy atom. The second-order valence-electron chi connectivity index (χ2n) is 5.49. The molecule has 1 aromatic carbocycles. The monoisotopic (exact) mass is 292 g/mol. The Morgan fingerprint density at radius 1 is 1.33 bits per heavy atom. The van der Waals surface area contributed by atoms with Gasteiger partial charge in [0.2, 0.25) is 0 Å². The van der Waals surface area contributed by atoms with Gasteiger partial charge in [-0.25, -0.2) is 0 Å². The zero-order valence-corrected chi connectivity index (χ0v) is 13.1. The average Bonchev–Trinajstić information content (AvgIpc) is 2.93. The largest absolute Gasteiger partial charge is 0.493 e. The van der Waals surface area contributed by atoms with Crippen LogP contribution in [-0.4, -0.2) is 25.3 Å². The Balaban J connectivity index is 1.89. The van der Waals surface area contributed by atoms with E-state index >= 15 is 0 Å². The Kier molecular flexibility index (Phi) is 5.62. The molecule has 116 valence electrons. The molecule has 1 aromatic rings. The number of rotatable bonds is 6. The molecular weight excluding hydrogens is 268 g/mol. The molecule has 2 rings (SSSR count). The van der Waals surface area contributed by atoms with Crippen molar-refractivity contribution in [3.63, 3.8) is 0 Å². The number of ether oxygens (including phenoxy) is 3. The van der Waals surface area contributed by atoms with Crippen LogP contribution in [0, 0.1) is 13.8 Å². The fourth-order valence-electron chi connectivity index (χ4n) is 2.71. The maximum absolute atomic E-state index is 11.8. The normalized spacial score (nSPS) is 17.8. The molecule has 4 heteroatoms. The van der Waals surface area contributed by atoms with Gasteiger partial charge in [-0.2, -0.15) is 0 Å². The first-order chi connectivity index (χ1) is 10.1. The SMILES string of the molecule is CCOc1c(C)cc(COC(=O)C[C@H]2CCCO2)cc1C. The third kappa shape index (κ3) is 4.46. The van der Waals surface area contributed by atoms with Crippen molar-refractivity contribution in [1.82, 2.24) is 0 Å². The molecule has 0 spiro atoms. The molecule has 0 bridgehead atoms. The molecule has 21 heavy (non-hydrogen) atoms. The summed E-state index contributed by atoms with van der Waals surface area (Å²) in [5, 5.41) is 0. The molecule has 0 saturated carbocycles. The van der Waals surface area contributed by atoms with Crippen LogP contribution in [0.25, 0.3) is 0 Å². The van der Waals surface area contributed by atoms with Gasteiger partial charge in [-0.1, -0.05) is 0 Å². The van der Waals surface area contributed by atoms with Crippen LogP contribution in [0.5, 0.6) is 5.75 Å². The number of benzene rings is 1. The van der Waals surface area contributed by atoms with E-state index in [4.69, 9.17) is 14.2 Å². The van der Waals surface area contributed by atoms with Crippen molar-refractivity contribution in [2.24, 2.45) is 0 Å². The van der Waals surface area contributed by atoms with E-state index in [1.165, 1.54) is 0 Å². The minimum Gasteiger partial charge on any atom is -0.493 e. The maximum atomic E-state index is 11.8. The molecule has 1 saturated heterocycles. The van der Waals surface area contributed by atoms with Crippen LogP contribution >= 0.6 is 0 Å². The fourth-order valence-corrected chi connectivity index (χ4v) is 2.71. The summed E-state index contributed by atoms with van der Waals surface area (Å²) in [5.74, 6) is 0.734. The van der Waals surface area contributed by atoms with Crippen molar-refractivity contribution >= 4 is 5.97 Å². The quantitative estimate of drug-likeness (QED) is 0.755. The van der Waals surface area contributed by atoms with E-state index in [1.54, 1.807) is 0 Å². The molecular formula is C17H24O4. The first-order valence-corrected chi connectivity index (χ1v) is 7.60. The zero-order valence-electron chi connectivity index (χ0n) is 13.1. The van der Waals surface area contributed by atoms with Crippen molar-refractivity contribution in [3.05, 3.63) is 28.8 Å². The molecule has 0 aromatic heterocycles. The highest BCUT2D eigenvalue weighted by atomic mass is 16.5. The van der Waals surface area contributed by atoms with Gasteiger partial charge in [-0.05, 0) is 62.4 Å². The summed E-state index contributed by atoms with van der Waals surface area (Å²) in [5.41, 5.74) is 3.14. The summed E-state index contributed by atoms with van der Waals surface area (Å²) in [6, 6.07) is 4.02. The van der Waals surface area contributed by atoms with Crippen LogP contribution in [0.4, 0.5) is 0 Å². The first-order valence-electron chi connectivity index (χ1n) is 7.60. The minimum absolute atomic E-state index is 0.0429. The van der Waals surface area contributed by atoms with Crippen molar-refractivity contribution in [2.45, 2.75) is 52.7 Å². The third-order valence-corrected chi connectivity index (χ3v) is 3.63. The van der Waals surface area contributed by atoms with Gasteiger partial charge in [-0.15, -0.1) is 0 Å². The van der Waals surface area contributed by atoms with E-state index in [9.17, 15) is 4.79 Å². The molecule has 0 amide bonds. The minimum atomic E-state index is -0.189. The highest BCUT2D eigenvalue weighted by Crippen LogP contribution is 2.25. The third-order valence-electron chi connectivity index (χ3n) is 3.63. The molecule has 0 unspecified atom stereocenters. The van der Waals surface area contributed by atoms with Crippen LogP contribution in [0.15, 0.2) is 12.1 Å². The number of esters is 1. The van der Waals surface area contributed by atoms with Gasteiger partial charge in [0, 0.05) is 6.61 Å². The van der Waals surface area contributed by atoms with E-state index in [0.717, 1.165) is 41.9 Å².